The summed E-state index contributed by atoms with van der Waals surface area (Å²) >= 11 is 0. The molecule has 0 aliphatic carbocycles. The van der Waals surface area contributed by atoms with Crippen LogP contribution in [0.4, 0.5) is 11.4 Å². The molecule has 110 valence electrons. The summed E-state index contributed by atoms with van der Waals surface area (Å²) in [6.45, 7) is 3.36. The number of carboxylic acid groups (broad SMARTS) is 1. The second kappa shape index (κ2) is 8.11. The Labute approximate surface area is 116 Å². The molecule has 7 nitrogen and oxygen atoms in total. The average Bonchev–Trinajstić information content (AvgIpc) is 2.42. The van der Waals surface area contributed by atoms with E-state index in [1.165, 1.54) is 18.2 Å². The SMILES string of the molecule is CCCCOCCNc1c(C(=O)O)cccc1[N+](=O)[O-]. The van der Waals surface area contributed by atoms with Gasteiger partial charge in [-0.15, -0.1) is 0 Å². The van der Waals surface area contributed by atoms with Crippen LogP contribution in [0.3, 0.4) is 0 Å². The summed E-state index contributed by atoms with van der Waals surface area (Å²) in [4.78, 5) is 21.4. The number of rotatable bonds is 9. The lowest BCUT2D eigenvalue weighted by Gasteiger charge is -2.10. The van der Waals surface area contributed by atoms with Crippen molar-refractivity contribution in [1.29, 1.82) is 0 Å². The lowest BCUT2D eigenvalue weighted by molar-refractivity contribution is -0.384. The van der Waals surface area contributed by atoms with Crippen LogP contribution in [-0.4, -0.2) is 35.8 Å². The topological polar surface area (TPSA) is 102 Å². The number of anilines is 1. The molecule has 0 saturated heterocycles. The number of hydrogen-bond donors (Lipinski definition) is 2. The van der Waals surface area contributed by atoms with E-state index in [1.807, 2.05) is 6.92 Å². The van der Waals surface area contributed by atoms with Crippen molar-refractivity contribution in [3.8, 4) is 0 Å². The highest BCUT2D eigenvalue weighted by Crippen LogP contribution is 2.28. The molecule has 2 N–H and O–H groups in total. The predicted molar refractivity (Wildman–Crippen MR) is 74.3 cm³/mol. The molecule has 0 radical (unpaired) electrons. The molecule has 0 fully saturated rings. The molecular formula is C13H18N2O5. The summed E-state index contributed by atoms with van der Waals surface area (Å²) in [5.41, 5.74) is -0.352. The Morgan fingerprint density at radius 2 is 2.20 bits per heavy atom. The van der Waals surface area contributed by atoms with Crippen molar-refractivity contribution in [3.63, 3.8) is 0 Å². The van der Waals surface area contributed by atoms with Gasteiger partial charge in [-0.3, -0.25) is 10.1 Å². The summed E-state index contributed by atoms with van der Waals surface area (Å²) in [6.07, 6.45) is 1.98. The molecule has 1 aromatic rings. The number of nitro benzene ring substituents is 1. The number of ether oxygens (including phenoxy) is 1. The average molecular weight is 282 g/mol. The van der Waals surface area contributed by atoms with Gasteiger partial charge >= 0.3 is 5.97 Å². The van der Waals surface area contributed by atoms with Crippen LogP contribution in [-0.2, 0) is 4.74 Å². The highest BCUT2D eigenvalue weighted by atomic mass is 16.6. The Kier molecular flexibility index (Phi) is 6.45. The first-order valence-electron chi connectivity index (χ1n) is 6.40. The van der Waals surface area contributed by atoms with Gasteiger partial charge in [-0.25, -0.2) is 4.79 Å². The lowest BCUT2D eigenvalue weighted by atomic mass is 10.1. The van der Waals surface area contributed by atoms with Crippen molar-refractivity contribution >= 4 is 17.3 Å². The van der Waals surface area contributed by atoms with Crippen molar-refractivity contribution < 1.29 is 19.6 Å². The van der Waals surface area contributed by atoms with Crippen molar-refractivity contribution in [3.05, 3.63) is 33.9 Å². The molecule has 7 heteroatoms. The number of nitrogens with one attached hydrogen (secondary N) is 1. The van der Waals surface area contributed by atoms with E-state index >= 15 is 0 Å². The van der Waals surface area contributed by atoms with E-state index in [2.05, 4.69) is 5.32 Å². The van der Waals surface area contributed by atoms with E-state index < -0.39 is 10.9 Å². The minimum atomic E-state index is -1.21. The molecule has 0 atom stereocenters. The van der Waals surface area contributed by atoms with Crippen molar-refractivity contribution in [2.24, 2.45) is 0 Å². The zero-order chi connectivity index (χ0) is 15.0. The molecule has 0 aliphatic rings. The van der Waals surface area contributed by atoms with E-state index in [-0.39, 0.29) is 16.9 Å². The normalized spacial score (nSPS) is 10.2. The molecule has 0 amide bonds. The zero-order valence-electron chi connectivity index (χ0n) is 11.3. The molecule has 1 rings (SSSR count). The number of carboxylic acids is 1. The van der Waals surface area contributed by atoms with Crippen molar-refractivity contribution in [1.82, 2.24) is 0 Å². The molecule has 0 spiro atoms. The van der Waals surface area contributed by atoms with Gasteiger partial charge in [0.25, 0.3) is 5.69 Å². The number of nitrogens with zero attached hydrogens (tertiary/aromatic N) is 1. The van der Waals surface area contributed by atoms with Crippen LogP contribution in [0.15, 0.2) is 18.2 Å². The molecule has 0 aromatic heterocycles. The van der Waals surface area contributed by atoms with E-state index in [4.69, 9.17) is 9.84 Å². The van der Waals surface area contributed by atoms with Gasteiger partial charge in [0.2, 0.25) is 0 Å². The van der Waals surface area contributed by atoms with Gasteiger partial charge in [-0.1, -0.05) is 19.4 Å². The zero-order valence-corrected chi connectivity index (χ0v) is 11.3. The molecule has 0 heterocycles. The van der Waals surface area contributed by atoms with Crippen LogP contribution in [0.2, 0.25) is 0 Å². The fourth-order valence-electron chi connectivity index (χ4n) is 1.65. The summed E-state index contributed by atoms with van der Waals surface area (Å²) in [5, 5.41) is 22.7. The molecule has 20 heavy (non-hydrogen) atoms. The van der Waals surface area contributed by atoms with Crippen molar-refractivity contribution in [2.45, 2.75) is 19.8 Å². The second-order valence-corrected chi connectivity index (χ2v) is 4.15. The third-order valence-electron chi connectivity index (χ3n) is 2.66. The maximum atomic E-state index is 11.1. The number of para-hydroxylation sites is 1. The Bertz CT molecular complexity index is 444. The number of benzene rings is 1. The fraction of sp³-hybridized carbons (Fsp3) is 0.462. The predicted octanol–water partition coefficient (Wildman–Crippen LogP) is 2.52. The quantitative estimate of drug-likeness (QED) is 0.410. The van der Waals surface area contributed by atoms with E-state index in [0.29, 0.717) is 19.8 Å². The minimum Gasteiger partial charge on any atom is -0.478 e. The monoisotopic (exact) mass is 282 g/mol. The molecule has 0 bridgehead atoms. The van der Waals surface area contributed by atoms with E-state index in [9.17, 15) is 14.9 Å². The summed E-state index contributed by atoms with van der Waals surface area (Å²) in [6, 6.07) is 3.95. The van der Waals surface area contributed by atoms with Gasteiger partial charge in [-0.05, 0) is 12.5 Å². The number of nitro groups is 1. The maximum absolute atomic E-state index is 11.1. The van der Waals surface area contributed by atoms with Gasteiger partial charge in [0.15, 0.2) is 0 Å². The first kappa shape index (κ1) is 15.9. The van der Waals surface area contributed by atoms with Gasteiger partial charge in [-0.2, -0.15) is 0 Å². The summed E-state index contributed by atoms with van der Waals surface area (Å²) in [5.74, 6) is -1.21. The number of carbonyl (C=O) groups is 1. The first-order valence-corrected chi connectivity index (χ1v) is 6.40. The highest BCUT2D eigenvalue weighted by Gasteiger charge is 2.20. The highest BCUT2D eigenvalue weighted by molar-refractivity contribution is 5.96. The maximum Gasteiger partial charge on any atom is 0.338 e. The number of aromatic carboxylic acids is 1. The largest absolute Gasteiger partial charge is 0.478 e. The van der Waals surface area contributed by atoms with Gasteiger partial charge in [0.05, 0.1) is 17.1 Å². The smallest absolute Gasteiger partial charge is 0.338 e. The third kappa shape index (κ3) is 4.51. The van der Waals surface area contributed by atoms with Crippen LogP contribution in [0.25, 0.3) is 0 Å². The summed E-state index contributed by atoms with van der Waals surface area (Å²) < 4.78 is 5.32. The van der Waals surface area contributed by atoms with Crippen LogP contribution >= 0.6 is 0 Å². The molecule has 0 aliphatic heterocycles. The second-order valence-electron chi connectivity index (χ2n) is 4.15. The fourth-order valence-corrected chi connectivity index (χ4v) is 1.65. The Morgan fingerprint density at radius 1 is 1.45 bits per heavy atom. The Balaban J connectivity index is 2.71. The number of unbranched alkanes of at least 4 members (excludes halogenated alkanes) is 1. The van der Waals surface area contributed by atoms with Crippen LogP contribution in [0.1, 0.15) is 30.1 Å². The molecule has 0 unspecified atom stereocenters. The van der Waals surface area contributed by atoms with Crippen LogP contribution < -0.4 is 5.32 Å². The van der Waals surface area contributed by atoms with E-state index in [0.717, 1.165) is 12.8 Å². The third-order valence-corrected chi connectivity index (χ3v) is 2.66. The minimum absolute atomic E-state index is 0.0177. The molecule has 0 saturated carbocycles. The molecular weight excluding hydrogens is 264 g/mol. The van der Waals surface area contributed by atoms with Crippen molar-refractivity contribution in [2.75, 3.05) is 25.1 Å². The lowest BCUT2D eigenvalue weighted by Crippen LogP contribution is -2.14. The van der Waals surface area contributed by atoms with Gasteiger partial charge in [0, 0.05) is 19.2 Å². The standard InChI is InChI=1S/C13H18N2O5/c1-2-3-8-20-9-7-14-12-10(13(16)17)5-4-6-11(12)15(18)19/h4-6,14H,2-3,7-9H2,1H3,(H,16,17). The van der Waals surface area contributed by atoms with E-state index in [1.54, 1.807) is 0 Å². The summed E-state index contributed by atoms with van der Waals surface area (Å²) in [7, 11) is 0. The Hall–Kier alpha value is -2.15. The van der Waals surface area contributed by atoms with Crippen LogP contribution in [0, 0.1) is 10.1 Å². The van der Waals surface area contributed by atoms with Crippen LogP contribution in [0.5, 0.6) is 0 Å². The first-order chi connectivity index (χ1) is 9.57. The number of hydrogen-bond acceptors (Lipinski definition) is 5. The van der Waals surface area contributed by atoms with Gasteiger partial charge < -0.3 is 15.2 Å². The van der Waals surface area contributed by atoms with Gasteiger partial charge in [0.1, 0.15) is 5.69 Å². The molecule has 1 aromatic carbocycles. The Morgan fingerprint density at radius 3 is 2.80 bits per heavy atom.